The summed E-state index contributed by atoms with van der Waals surface area (Å²) < 4.78 is 37.6. The molecule has 1 amide bonds. The van der Waals surface area contributed by atoms with Gasteiger partial charge in [-0.3, -0.25) is 10.1 Å². The molecule has 0 unspecified atom stereocenters. The first-order chi connectivity index (χ1) is 14.9. The molecule has 0 bridgehead atoms. The van der Waals surface area contributed by atoms with E-state index >= 15 is 0 Å². The molecular formula is C21H21N3O5S2. The number of hydrogen-bond acceptors (Lipinski definition) is 6. The van der Waals surface area contributed by atoms with Crippen molar-refractivity contribution in [1.29, 1.82) is 0 Å². The summed E-state index contributed by atoms with van der Waals surface area (Å²) in [6, 6.07) is 16.0. The molecule has 31 heavy (non-hydrogen) atoms. The molecule has 0 aliphatic carbocycles. The molecule has 1 heterocycles. The van der Waals surface area contributed by atoms with E-state index in [1.54, 1.807) is 48.5 Å². The van der Waals surface area contributed by atoms with Crippen molar-refractivity contribution in [1.82, 2.24) is 10.0 Å². The normalized spacial score (nSPS) is 11.0. The second-order valence-electron chi connectivity index (χ2n) is 6.29. The van der Waals surface area contributed by atoms with Crippen molar-refractivity contribution in [3.8, 4) is 5.75 Å². The Labute approximate surface area is 185 Å². The summed E-state index contributed by atoms with van der Waals surface area (Å²) in [5, 5.41) is 5.52. The Bertz CT molecular complexity index is 1130. The lowest BCUT2D eigenvalue weighted by Crippen LogP contribution is -2.34. The Hall–Kier alpha value is -3.21. The van der Waals surface area contributed by atoms with Crippen molar-refractivity contribution in [2.24, 2.45) is 0 Å². The fourth-order valence-corrected chi connectivity index (χ4v) is 3.79. The van der Waals surface area contributed by atoms with Gasteiger partial charge < -0.3 is 14.5 Å². The SMILES string of the molecule is CCOc1ccc(C(=O)NC(=S)Nc2ccc(S(=O)(=O)NCc3ccco3)cc2)cc1. The molecule has 0 saturated heterocycles. The quantitative estimate of drug-likeness (QED) is 0.444. The van der Waals surface area contributed by atoms with Crippen LogP contribution in [0.3, 0.4) is 0 Å². The Morgan fingerprint density at radius 2 is 1.77 bits per heavy atom. The van der Waals surface area contributed by atoms with Crippen molar-refractivity contribution in [2.45, 2.75) is 18.4 Å². The number of thiocarbonyl (C=S) groups is 1. The lowest BCUT2D eigenvalue weighted by atomic mass is 10.2. The van der Waals surface area contributed by atoms with Crippen LogP contribution >= 0.6 is 12.2 Å². The van der Waals surface area contributed by atoms with Gasteiger partial charge in [-0.05, 0) is 79.8 Å². The summed E-state index contributed by atoms with van der Waals surface area (Å²) in [6.07, 6.45) is 1.47. The molecule has 0 aliphatic heterocycles. The Morgan fingerprint density at radius 1 is 1.06 bits per heavy atom. The summed E-state index contributed by atoms with van der Waals surface area (Å²) in [5.41, 5.74) is 0.957. The van der Waals surface area contributed by atoms with Crippen molar-refractivity contribution in [3.05, 3.63) is 78.3 Å². The number of ether oxygens (including phenoxy) is 1. The number of rotatable bonds is 8. The minimum Gasteiger partial charge on any atom is -0.494 e. The second kappa shape index (κ2) is 10.2. The highest BCUT2D eigenvalue weighted by Gasteiger charge is 2.15. The van der Waals surface area contributed by atoms with Gasteiger partial charge in [0, 0.05) is 11.3 Å². The minimum absolute atomic E-state index is 0.0526. The molecule has 0 fully saturated rings. The molecule has 3 aromatic rings. The zero-order chi connectivity index (χ0) is 22.3. The van der Waals surface area contributed by atoms with Gasteiger partial charge in [0.15, 0.2) is 5.11 Å². The third-order valence-corrected chi connectivity index (χ3v) is 5.71. The number of carbonyl (C=O) groups is 1. The van der Waals surface area contributed by atoms with Crippen molar-refractivity contribution < 1.29 is 22.4 Å². The van der Waals surface area contributed by atoms with E-state index in [0.29, 0.717) is 29.4 Å². The number of sulfonamides is 1. The van der Waals surface area contributed by atoms with Crippen LogP contribution in [0.15, 0.2) is 76.2 Å². The van der Waals surface area contributed by atoms with Gasteiger partial charge in [-0.1, -0.05) is 0 Å². The van der Waals surface area contributed by atoms with Crippen LogP contribution in [0.4, 0.5) is 5.69 Å². The van der Waals surface area contributed by atoms with Crippen LogP contribution in [0, 0.1) is 0 Å². The van der Waals surface area contributed by atoms with E-state index in [0.717, 1.165) is 0 Å². The first-order valence-corrected chi connectivity index (χ1v) is 11.2. The van der Waals surface area contributed by atoms with E-state index in [1.807, 2.05) is 6.92 Å². The third-order valence-electron chi connectivity index (χ3n) is 4.09. The molecule has 2 aromatic carbocycles. The number of carbonyl (C=O) groups excluding carboxylic acids is 1. The highest BCUT2D eigenvalue weighted by molar-refractivity contribution is 7.89. The largest absolute Gasteiger partial charge is 0.494 e. The van der Waals surface area contributed by atoms with E-state index in [4.69, 9.17) is 21.4 Å². The van der Waals surface area contributed by atoms with Crippen LogP contribution in [0.2, 0.25) is 0 Å². The van der Waals surface area contributed by atoms with E-state index in [1.165, 1.54) is 18.4 Å². The minimum atomic E-state index is -3.70. The van der Waals surface area contributed by atoms with Crippen molar-refractivity contribution >= 4 is 38.9 Å². The van der Waals surface area contributed by atoms with Crippen LogP contribution in [0.5, 0.6) is 5.75 Å². The molecule has 1 aromatic heterocycles. The summed E-state index contributed by atoms with van der Waals surface area (Å²) in [7, 11) is -3.70. The highest BCUT2D eigenvalue weighted by Crippen LogP contribution is 2.15. The van der Waals surface area contributed by atoms with Gasteiger partial charge in [0.1, 0.15) is 11.5 Å². The first kappa shape index (κ1) is 22.5. The van der Waals surface area contributed by atoms with Crippen LogP contribution in [-0.2, 0) is 16.6 Å². The number of hydrogen-bond donors (Lipinski definition) is 3. The van der Waals surface area contributed by atoms with Crippen molar-refractivity contribution in [3.63, 3.8) is 0 Å². The average Bonchev–Trinajstić information content (AvgIpc) is 3.27. The molecule has 0 radical (unpaired) electrons. The molecule has 0 aliphatic rings. The van der Waals surface area contributed by atoms with E-state index in [2.05, 4.69) is 15.4 Å². The molecule has 10 heteroatoms. The van der Waals surface area contributed by atoms with Gasteiger partial charge >= 0.3 is 0 Å². The fraction of sp³-hybridized carbons (Fsp3) is 0.143. The van der Waals surface area contributed by atoms with Crippen LogP contribution in [0.1, 0.15) is 23.0 Å². The number of anilines is 1. The number of furan rings is 1. The van der Waals surface area contributed by atoms with Gasteiger partial charge in [-0.15, -0.1) is 0 Å². The first-order valence-electron chi connectivity index (χ1n) is 9.34. The predicted molar refractivity (Wildman–Crippen MR) is 120 cm³/mol. The van der Waals surface area contributed by atoms with Gasteiger partial charge in [0.05, 0.1) is 24.3 Å². The highest BCUT2D eigenvalue weighted by atomic mass is 32.2. The Morgan fingerprint density at radius 3 is 2.39 bits per heavy atom. The van der Waals surface area contributed by atoms with Gasteiger partial charge in [-0.2, -0.15) is 0 Å². The third kappa shape index (κ3) is 6.38. The monoisotopic (exact) mass is 459 g/mol. The summed E-state index contributed by atoms with van der Waals surface area (Å²) >= 11 is 5.16. The summed E-state index contributed by atoms with van der Waals surface area (Å²) in [6.45, 7) is 2.47. The molecule has 162 valence electrons. The Balaban J connectivity index is 1.55. The molecule has 3 N–H and O–H groups in total. The summed E-state index contributed by atoms with van der Waals surface area (Å²) in [4.78, 5) is 12.4. The standard InChI is InChI=1S/C21H21N3O5S2/c1-2-28-17-9-5-15(6-10-17)20(25)24-21(30)23-16-7-11-19(12-8-16)31(26,27)22-14-18-4-3-13-29-18/h3-13,22H,2,14H2,1H3,(H2,23,24,25,30). The van der Waals surface area contributed by atoms with Crippen molar-refractivity contribution in [2.75, 3.05) is 11.9 Å². The zero-order valence-corrected chi connectivity index (χ0v) is 18.3. The fourth-order valence-electron chi connectivity index (χ4n) is 2.59. The summed E-state index contributed by atoms with van der Waals surface area (Å²) in [5.74, 6) is 0.811. The Kier molecular flexibility index (Phi) is 7.40. The molecule has 8 nitrogen and oxygen atoms in total. The number of nitrogens with one attached hydrogen (secondary N) is 3. The van der Waals surface area contributed by atoms with Gasteiger partial charge in [0.2, 0.25) is 10.0 Å². The van der Waals surface area contributed by atoms with E-state index in [9.17, 15) is 13.2 Å². The molecule has 3 rings (SSSR count). The molecule has 0 saturated carbocycles. The topological polar surface area (TPSA) is 110 Å². The number of benzene rings is 2. The van der Waals surface area contributed by atoms with Crippen LogP contribution in [0.25, 0.3) is 0 Å². The maximum absolute atomic E-state index is 12.4. The lowest BCUT2D eigenvalue weighted by Gasteiger charge is -2.11. The molecule has 0 atom stereocenters. The van der Waals surface area contributed by atoms with E-state index in [-0.39, 0.29) is 22.5 Å². The second-order valence-corrected chi connectivity index (χ2v) is 8.47. The zero-order valence-electron chi connectivity index (χ0n) is 16.6. The van der Waals surface area contributed by atoms with Crippen LogP contribution in [-0.4, -0.2) is 26.0 Å². The lowest BCUT2D eigenvalue weighted by molar-refractivity contribution is 0.0977. The molecule has 0 spiro atoms. The number of amides is 1. The maximum atomic E-state index is 12.4. The van der Waals surface area contributed by atoms with E-state index < -0.39 is 10.0 Å². The smallest absolute Gasteiger partial charge is 0.257 e. The molecular weight excluding hydrogens is 438 g/mol. The van der Waals surface area contributed by atoms with Gasteiger partial charge in [-0.25, -0.2) is 13.1 Å². The average molecular weight is 460 g/mol. The van der Waals surface area contributed by atoms with Gasteiger partial charge in [0.25, 0.3) is 5.91 Å². The predicted octanol–water partition coefficient (Wildman–Crippen LogP) is 3.28. The van der Waals surface area contributed by atoms with Crippen LogP contribution < -0.4 is 20.1 Å². The maximum Gasteiger partial charge on any atom is 0.257 e.